The van der Waals surface area contributed by atoms with Gasteiger partial charge in [-0.15, -0.1) is 0 Å². The number of hydrogen-bond donors (Lipinski definition) is 2. The van der Waals surface area contributed by atoms with Crippen molar-refractivity contribution in [3.63, 3.8) is 0 Å². The van der Waals surface area contributed by atoms with E-state index in [2.05, 4.69) is 15.4 Å². The molecule has 0 aliphatic rings. The van der Waals surface area contributed by atoms with Gasteiger partial charge in [0.1, 0.15) is 0 Å². The van der Waals surface area contributed by atoms with Crippen LogP contribution < -0.4 is 10.6 Å². The first-order valence-electron chi connectivity index (χ1n) is 7.96. The predicted molar refractivity (Wildman–Crippen MR) is 97.4 cm³/mol. The van der Waals surface area contributed by atoms with Gasteiger partial charge in [-0.2, -0.15) is 0 Å². The van der Waals surface area contributed by atoms with Crippen LogP contribution in [0.4, 0.5) is 16.2 Å². The number of hydrogen-bond acceptors (Lipinski definition) is 5. The van der Waals surface area contributed by atoms with E-state index < -0.39 is 18.0 Å². The summed E-state index contributed by atoms with van der Waals surface area (Å²) < 4.78 is 9.71. The van der Waals surface area contributed by atoms with E-state index in [1.54, 1.807) is 62.4 Å². The molecule has 0 saturated heterocycles. The van der Waals surface area contributed by atoms with Gasteiger partial charge in [-0.1, -0.05) is 0 Å². The van der Waals surface area contributed by atoms with E-state index in [0.717, 1.165) is 0 Å². The fourth-order valence-electron chi connectivity index (χ4n) is 2.07. The van der Waals surface area contributed by atoms with Crippen LogP contribution in [-0.4, -0.2) is 31.2 Å². The molecule has 2 aromatic carbocycles. The van der Waals surface area contributed by atoms with Gasteiger partial charge in [0.15, 0.2) is 0 Å². The minimum absolute atomic E-state index is 0.198. The highest BCUT2D eigenvalue weighted by atomic mass is 16.5. The summed E-state index contributed by atoms with van der Waals surface area (Å²) in [5, 5.41) is 5.30. The molecule has 0 bridgehead atoms. The third-order valence-corrected chi connectivity index (χ3v) is 3.29. The predicted octanol–water partition coefficient (Wildman–Crippen LogP) is 3.68. The van der Waals surface area contributed by atoms with Crippen molar-refractivity contribution in [1.82, 2.24) is 0 Å². The number of urea groups is 1. The van der Waals surface area contributed by atoms with E-state index in [-0.39, 0.29) is 6.10 Å². The lowest BCUT2D eigenvalue weighted by Gasteiger charge is -2.10. The van der Waals surface area contributed by atoms with Crippen molar-refractivity contribution in [2.24, 2.45) is 0 Å². The van der Waals surface area contributed by atoms with Crippen LogP contribution in [0.5, 0.6) is 0 Å². The first kappa shape index (κ1) is 19.0. The maximum Gasteiger partial charge on any atom is 0.338 e. The van der Waals surface area contributed by atoms with Gasteiger partial charge < -0.3 is 20.1 Å². The molecule has 7 nitrogen and oxygen atoms in total. The van der Waals surface area contributed by atoms with Crippen LogP contribution in [0.15, 0.2) is 48.5 Å². The Kier molecular flexibility index (Phi) is 6.32. The Labute approximate surface area is 151 Å². The van der Waals surface area contributed by atoms with Gasteiger partial charge in [-0.25, -0.2) is 14.4 Å². The molecule has 0 saturated carbocycles. The minimum Gasteiger partial charge on any atom is -0.465 e. The topological polar surface area (TPSA) is 93.7 Å². The molecule has 0 aliphatic heterocycles. The molecule has 0 fully saturated rings. The Morgan fingerprint density at radius 3 is 1.58 bits per heavy atom. The van der Waals surface area contributed by atoms with Crippen molar-refractivity contribution >= 4 is 29.3 Å². The monoisotopic (exact) mass is 356 g/mol. The van der Waals surface area contributed by atoms with Gasteiger partial charge in [0.05, 0.1) is 24.3 Å². The third kappa shape index (κ3) is 5.34. The standard InChI is InChI=1S/C19H20N2O5/c1-12(2)26-18(23)14-6-10-16(11-7-14)21-19(24)20-15-8-4-13(5-9-15)17(22)25-3/h4-12H,1-3H3,(H2,20,21,24). The lowest BCUT2D eigenvalue weighted by molar-refractivity contribution is 0.0377. The highest BCUT2D eigenvalue weighted by Gasteiger charge is 2.10. The summed E-state index contributed by atoms with van der Waals surface area (Å²) in [5.41, 5.74) is 1.84. The Balaban J connectivity index is 1.93. The fourth-order valence-corrected chi connectivity index (χ4v) is 2.07. The first-order chi connectivity index (χ1) is 12.4. The van der Waals surface area contributed by atoms with E-state index in [9.17, 15) is 14.4 Å². The third-order valence-electron chi connectivity index (χ3n) is 3.29. The first-order valence-corrected chi connectivity index (χ1v) is 7.96. The van der Waals surface area contributed by atoms with Crippen LogP contribution in [0.1, 0.15) is 34.6 Å². The summed E-state index contributed by atoms with van der Waals surface area (Å²) in [6, 6.07) is 12.2. The summed E-state index contributed by atoms with van der Waals surface area (Å²) in [6.45, 7) is 3.55. The lowest BCUT2D eigenvalue weighted by Crippen LogP contribution is -2.19. The summed E-state index contributed by atoms with van der Waals surface area (Å²) >= 11 is 0. The molecule has 0 atom stereocenters. The average molecular weight is 356 g/mol. The number of amides is 2. The van der Waals surface area contributed by atoms with E-state index in [0.29, 0.717) is 22.5 Å². The molecule has 0 radical (unpaired) electrons. The van der Waals surface area contributed by atoms with E-state index >= 15 is 0 Å². The SMILES string of the molecule is COC(=O)c1ccc(NC(=O)Nc2ccc(C(=O)OC(C)C)cc2)cc1. The molecule has 136 valence electrons. The molecule has 2 rings (SSSR count). The van der Waals surface area contributed by atoms with Crippen LogP contribution >= 0.6 is 0 Å². The van der Waals surface area contributed by atoms with Gasteiger partial charge in [-0.3, -0.25) is 0 Å². The molecule has 26 heavy (non-hydrogen) atoms. The molecule has 7 heteroatoms. The Morgan fingerprint density at radius 2 is 1.19 bits per heavy atom. The molecule has 0 heterocycles. The van der Waals surface area contributed by atoms with Gasteiger partial charge in [0.25, 0.3) is 0 Å². The molecule has 0 aromatic heterocycles. The van der Waals surface area contributed by atoms with Gasteiger partial charge in [0.2, 0.25) is 0 Å². The molecule has 0 aliphatic carbocycles. The number of ether oxygens (including phenoxy) is 2. The van der Waals surface area contributed by atoms with Crippen molar-refractivity contribution in [3.05, 3.63) is 59.7 Å². The van der Waals surface area contributed by atoms with Crippen LogP contribution in [0.3, 0.4) is 0 Å². The van der Waals surface area contributed by atoms with Crippen LogP contribution in [0, 0.1) is 0 Å². The average Bonchev–Trinajstić information content (AvgIpc) is 2.61. The Hall–Kier alpha value is -3.35. The van der Waals surface area contributed by atoms with Gasteiger partial charge in [-0.05, 0) is 62.4 Å². The largest absolute Gasteiger partial charge is 0.465 e. The highest BCUT2D eigenvalue weighted by Crippen LogP contribution is 2.14. The number of nitrogens with one attached hydrogen (secondary N) is 2. The summed E-state index contributed by atoms with van der Waals surface area (Å²) in [7, 11) is 1.30. The molecular formula is C19H20N2O5. The number of benzene rings is 2. The molecule has 2 amide bonds. The normalized spacial score (nSPS) is 10.2. The van der Waals surface area contributed by atoms with Crippen LogP contribution in [0.25, 0.3) is 0 Å². The molecule has 2 N–H and O–H groups in total. The maximum atomic E-state index is 12.0. The van der Waals surface area contributed by atoms with E-state index in [1.807, 2.05) is 0 Å². The second-order valence-corrected chi connectivity index (χ2v) is 5.68. The zero-order chi connectivity index (χ0) is 19.1. The van der Waals surface area contributed by atoms with Crippen molar-refractivity contribution in [3.8, 4) is 0 Å². The number of rotatable bonds is 5. The second-order valence-electron chi connectivity index (χ2n) is 5.68. The van der Waals surface area contributed by atoms with Crippen molar-refractivity contribution in [2.45, 2.75) is 20.0 Å². The van der Waals surface area contributed by atoms with Gasteiger partial charge >= 0.3 is 18.0 Å². The molecule has 0 spiro atoms. The zero-order valence-electron chi connectivity index (χ0n) is 14.7. The van der Waals surface area contributed by atoms with Gasteiger partial charge in [0, 0.05) is 11.4 Å². The summed E-state index contributed by atoms with van der Waals surface area (Å²) in [6.07, 6.45) is -0.198. The molecular weight excluding hydrogens is 336 g/mol. The van der Waals surface area contributed by atoms with Crippen LogP contribution in [-0.2, 0) is 9.47 Å². The van der Waals surface area contributed by atoms with Crippen molar-refractivity contribution in [2.75, 3.05) is 17.7 Å². The van der Waals surface area contributed by atoms with E-state index in [4.69, 9.17) is 4.74 Å². The van der Waals surface area contributed by atoms with Crippen LogP contribution in [0.2, 0.25) is 0 Å². The van der Waals surface area contributed by atoms with E-state index in [1.165, 1.54) is 7.11 Å². The summed E-state index contributed by atoms with van der Waals surface area (Å²) in [5.74, 6) is -0.862. The lowest BCUT2D eigenvalue weighted by atomic mass is 10.2. The molecule has 0 unspecified atom stereocenters. The Morgan fingerprint density at radius 1 is 0.769 bits per heavy atom. The smallest absolute Gasteiger partial charge is 0.338 e. The highest BCUT2D eigenvalue weighted by molar-refractivity contribution is 6.00. The second kappa shape index (κ2) is 8.66. The Bertz CT molecular complexity index is 783. The minimum atomic E-state index is -0.451. The van der Waals surface area contributed by atoms with Crippen molar-refractivity contribution < 1.29 is 23.9 Å². The molecule has 2 aromatic rings. The number of esters is 2. The fraction of sp³-hybridized carbons (Fsp3) is 0.211. The quantitative estimate of drug-likeness (QED) is 0.797. The number of anilines is 2. The maximum absolute atomic E-state index is 12.0. The number of carbonyl (C=O) groups excluding carboxylic acids is 3. The van der Waals surface area contributed by atoms with Crippen molar-refractivity contribution in [1.29, 1.82) is 0 Å². The summed E-state index contributed by atoms with van der Waals surface area (Å²) in [4.78, 5) is 35.2. The number of carbonyl (C=O) groups is 3. The number of methoxy groups -OCH3 is 1. The zero-order valence-corrected chi connectivity index (χ0v) is 14.7.